The standard InChI is InChI=1S/C19H27ClN2O3S/c1-15-8-12-21(13-9-15)19(23)17-14-16(6-7-18(17)20)26(24,25)22-10-4-2-3-5-11-22/h6-7,14-15H,2-5,8-13H2,1H3. The van der Waals surface area contributed by atoms with Gasteiger partial charge in [-0.2, -0.15) is 4.31 Å². The summed E-state index contributed by atoms with van der Waals surface area (Å²) in [4.78, 5) is 14.8. The van der Waals surface area contributed by atoms with E-state index in [1.807, 2.05) is 0 Å². The Bertz CT molecular complexity index is 750. The fraction of sp³-hybridized carbons (Fsp3) is 0.632. The fourth-order valence-electron chi connectivity index (χ4n) is 3.64. The third-order valence-electron chi connectivity index (χ3n) is 5.44. The van der Waals surface area contributed by atoms with E-state index >= 15 is 0 Å². The molecule has 1 aromatic rings. The second kappa shape index (κ2) is 8.28. The van der Waals surface area contributed by atoms with E-state index in [0.717, 1.165) is 38.5 Å². The van der Waals surface area contributed by atoms with Gasteiger partial charge in [0.05, 0.1) is 15.5 Å². The smallest absolute Gasteiger partial charge is 0.255 e. The molecular weight excluding hydrogens is 372 g/mol. The van der Waals surface area contributed by atoms with Gasteiger partial charge in [-0.1, -0.05) is 31.4 Å². The summed E-state index contributed by atoms with van der Waals surface area (Å²) in [6, 6.07) is 4.51. The van der Waals surface area contributed by atoms with Crippen LogP contribution in [0.5, 0.6) is 0 Å². The van der Waals surface area contributed by atoms with Crippen molar-refractivity contribution in [2.45, 2.75) is 50.3 Å². The third kappa shape index (κ3) is 4.24. The molecule has 144 valence electrons. The summed E-state index contributed by atoms with van der Waals surface area (Å²) < 4.78 is 27.5. The van der Waals surface area contributed by atoms with E-state index in [-0.39, 0.29) is 16.4 Å². The van der Waals surface area contributed by atoms with E-state index < -0.39 is 10.0 Å². The molecular formula is C19H27ClN2O3S. The van der Waals surface area contributed by atoms with Crippen LogP contribution in [0.15, 0.2) is 23.1 Å². The molecule has 0 aromatic heterocycles. The Morgan fingerprint density at radius 3 is 2.27 bits per heavy atom. The van der Waals surface area contributed by atoms with Gasteiger partial charge in [0.1, 0.15) is 0 Å². The van der Waals surface area contributed by atoms with Crippen LogP contribution in [-0.2, 0) is 10.0 Å². The highest BCUT2D eigenvalue weighted by molar-refractivity contribution is 7.89. The van der Waals surface area contributed by atoms with Gasteiger partial charge >= 0.3 is 0 Å². The molecule has 2 fully saturated rings. The third-order valence-corrected chi connectivity index (χ3v) is 7.67. The van der Waals surface area contributed by atoms with Gasteiger partial charge in [-0.15, -0.1) is 0 Å². The summed E-state index contributed by atoms with van der Waals surface area (Å²) in [6.07, 6.45) is 5.81. The zero-order valence-electron chi connectivity index (χ0n) is 15.3. The van der Waals surface area contributed by atoms with E-state index in [1.165, 1.54) is 18.2 Å². The molecule has 0 spiro atoms. The average molecular weight is 399 g/mol. The number of nitrogens with zero attached hydrogens (tertiary/aromatic N) is 2. The molecule has 26 heavy (non-hydrogen) atoms. The van der Waals surface area contributed by atoms with Crippen molar-refractivity contribution >= 4 is 27.5 Å². The molecule has 0 aliphatic carbocycles. The van der Waals surface area contributed by atoms with Crippen molar-refractivity contribution in [3.05, 3.63) is 28.8 Å². The van der Waals surface area contributed by atoms with Crippen LogP contribution < -0.4 is 0 Å². The van der Waals surface area contributed by atoms with Crippen molar-refractivity contribution in [2.75, 3.05) is 26.2 Å². The van der Waals surface area contributed by atoms with E-state index in [2.05, 4.69) is 6.92 Å². The maximum absolute atomic E-state index is 13.0. The Kier molecular flexibility index (Phi) is 6.25. The monoisotopic (exact) mass is 398 g/mol. The largest absolute Gasteiger partial charge is 0.339 e. The lowest BCUT2D eigenvalue weighted by atomic mass is 9.98. The number of hydrogen-bond donors (Lipinski definition) is 0. The molecule has 0 radical (unpaired) electrons. The highest BCUT2D eigenvalue weighted by atomic mass is 35.5. The van der Waals surface area contributed by atoms with Crippen LogP contribution in [0.3, 0.4) is 0 Å². The number of sulfonamides is 1. The van der Waals surface area contributed by atoms with Gasteiger partial charge in [-0.05, 0) is 49.8 Å². The van der Waals surface area contributed by atoms with Gasteiger partial charge in [-0.3, -0.25) is 4.79 Å². The van der Waals surface area contributed by atoms with Gasteiger partial charge in [0, 0.05) is 26.2 Å². The van der Waals surface area contributed by atoms with E-state index in [1.54, 1.807) is 9.21 Å². The summed E-state index contributed by atoms with van der Waals surface area (Å²) in [5.41, 5.74) is 0.289. The number of halogens is 1. The van der Waals surface area contributed by atoms with Crippen LogP contribution >= 0.6 is 11.6 Å². The van der Waals surface area contributed by atoms with Crippen LogP contribution in [0.2, 0.25) is 5.02 Å². The lowest BCUT2D eigenvalue weighted by molar-refractivity contribution is 0.0697. The number of piperidine rings is 1. The minimum Gasteiger partial charge on any atom is -0.339 e. The van der Waals surface area contributed by atoms with Crippen LogP contribution in [0, 0.1) is 5.92 Å². The van der Waals surface area contributed by atoms with Gasteiger partial charge in [0.25, 0.3) is 5.91 Å². The lowest BCUT2D eigenvalue weighted by Gasteiger charge is -2.30. The molecule has 0 N–H and O–H groups in total. The second-order valence-corrected chi connectivity index (χ2v) is 9.78. The Balaban J connectivity index is 1.86. The number of likely N-dealkylation sites (tertiary alicyclic amines) is 1. The predicted octanol–water partition coefficient (Wildman–Crippen LogP) is 3.78. The molecule has 2 aliphatic heterocycles. The summed E-state index contributed by atoms with van der Waals surface area (Å²) in [7, 11) is -3.59. The molecule has 0 bridgehead atoms. The van der Waals surface area contributed by atoms with Crippen LogP contribution in [0.25, 0.3) is 0 Å². The van der Waals surface area contributed by atoms with Crippen LogP contribution in [-0.4, -0.2) is 49.7 Å². The second-order valence-electron chi connectivity index (χ2n) is 7.43. The molecule has 7 heteroatoms. The highest BCUT2D eigenvalue weighted by Crippen LogP contribution is 2.27. The van der Waals surface area contributed by atoms with Gasteiger partial charge in [-0.25, -0.2) is 8.42 Å². The summed E-state index contributed by atoms with van der Waals surface area (Å²) in [5.74, 6) is 0.444. The molecule has 0 atom stereocenters. The molecule has 0 unspecified atom stereocenters. The number of rotatable bonds is 3. The van der Waals surface area contributed by atoms with E-state index in [9.17, 15) is 13.2 Å². The Labute approximate surface area is 161 Å². The first kappa shape index (κ1) is 19.6. The number of benzene rings is 1. The predicted molar refractivity (Wildman–Crippen MR) is 103 cm³/mol. The van der Waals surface area contributed by atoms with Crippen molar-refractivity contribution in [3.8, 4) is 0 Å². The molecule has 3 rings (SSSR count). The number of amides is 1. The molecule has 2 heterocycles. The first-order chi connectivity index (χ1) is 12.4. The zero-order chi connectivity index (χ0) is 18.7. The minimum atomic E-state index is -3.59. The Morgan fingerprint density at radius 2 is 1.65 bits per heavy atom. The quantitative estimate of drug-likeness (QED) is 0.778. The maximum atomic E-state index is 13.0. The fourth-order valence-corrected chi connectivity index (χ4v) is 5.38. The molecule has 1 aromatic carbocycles. The minimum absolute atomic E-state index is 0.164. The average Bonchev–Trinajstić information content (AvgIpc) is 2.92. The Hall–Kier alpha value is -1.11. The van der Waals surface area contributed by atoms with Crippen molar-refractivity contribution in [1.29, 1.82) is 0 Å². The number of carbonyl (C=O) groups is 1. The van der Waals surface area contributed by atoms with Crippen molar-refractivity contribution in [1.82, 2.24) is 9.21 Å². The lowest BCUT2D eigenvalue weighted by Crippen LogP contribution is -2.38. The van der Waals surface area contributed by atoms with Crippen molar-refractivity contribution in [2.24, 2.45) is 5.92 Å². The van der Waals surface area contributed by atoms with Gasteiger partial charge in [0.15, 0.2) is 0 Å². The molecule has 5 nitrogen and oxygen atoms in total. The number of hydrogen-bond acceptors (Lipinski definition) is 3. The molecule has 1 amide bonds. The zero-order valence-corrected chi connectivity index (χ0v) is 16.9. The highest BCUT2D eigenvalue weighted by Gasteiger charge is 2.28. The first-order valence-corrected chi connectivity index (χ1v) is 11.3. The van der Waals surface area contributed by atoms with Gasteiger partial charge < -0.3 is 4.90 Å². The van der Waals surface area contributed by atoms with Crippen molar-refractivity contribution in [3.63, 3.8) is 0 Å². The van der Waals surface area contributed by atoms with Crippen LogP contribution in [0.1, 0.15) is 55.8 Å². The topological polar surface area (TPSA) is 57.7 Å². The summed E-state index contributed by atoms with van der Waals surface area (Å²) >= 11 is 6.25. The Morgan fingerprint density at radius 1 is 1.04 bits per heavy atom. The molecule has 0 saturated carbocycles. The maximum Gasteiger partial charge on any atom is 0.255 e. The van der Waals surface area contributed by atoms with Crippen LogP contribution in [0.4, 0.5) is 0 Å². The number of carbonyl (C=O) groups excluding carboxylic acids is 1. The first-order valence-electron chi connectivity index (χ1n) is 9.48. The SMILES string of the molecule is CC1CCN(C(=O)c2cc(S(=O)(=O)N3CCCCCC3)ccc2Cl)CC1. The van der Waals surface area contributed by atoms with E-state index in [0.29, 0.717) is 37.1 Å². The van der Waals surface area contributed by atoms with Gasteiger partial charge in [0.2, 0.25) is 10.0 Å². The van der Waals surface area contributed by atoms with Crippen molar-refractivity contribution < 1.29 is 13.2 Å². The summed E-state index contributed by atoms with van der Waals surface area (Å²) in [6.45, 7) is 4.65. The van der Waals surface area contributed by atoms with E-state index in [4.69, 9.17) is 11.6 Å². The molecule has 2 saturated heterocycles. The summed E-state index contributed by atoms with van der Waals surface area (Å²) in [5, 5.41) is 0.309. The molecule has 2 aliphatic rings. The normalized spacial score (nSPS) is 20.8.